The van der Waals surface area contributed by atoms with E-state index < -0.39 is 17.9 Å². The topological polar surface area (TPSA) is 80.3 Å². The Morgan fingerprint density at radius 2 is 1.60 bits per heavy atom. The molecule has 0 unspecified atom stereocenters. The lowest BCUT2D eigenvalue weighted by molar-refractivity contribution is -0.139. The summed E-state index contributed by atoms with van der Waals surface area (Å²) in [4.78, 5) is 22.9. The molecule has 0 spiro atoms. The maximum atomic E-state index is 14.9. The molecule has 1 aliphatic rings. The molecule has 1 aliphatic heterocycles. The summed E-state index contributed by atoms with van der Waals surface area (Å²) in [5.41, 5.74) is 2.79. The number of halogens is 1. The summed E-state index contributed by atoms with van der Waals surface area (Å²) in [5, 5.41) is 0. The summed E-state index contributed by atoms with van der Waals surface area (Å²) < 4.78 is 41.7. The Balaban J connectivity index is 1.64. The van der Waals surface area contributed by atoms with Crippen LogP contribution in [0.15, 0.2) is 48.6 Å². The largest absolute Gasteiger partial charge is 0.508 e. The molecule has 1 fully saturated rings. The van der Waals surface area contributed by atoms with Gasteiger partial charge in [0, 0.05) is 5.57 Å². The minimum absolute atomic E-state index is 0.0836. The molecule has 0 aromatic heterocycles. The second-order valence-corrected chi connectivity index (χ2v) is 10.2. The summed E-state index contributed by atoms with van der Waals surface area (Å²) in [7, 11) is 0. The third-order valence-electron chi connectivity index (χ3n) is 6.60. The number of cyclic esters (lactones) is 2. The molecule has 0 atom stereocenters. The van der Waals surface area contributed by atoms with Crippen molar-refractivity contribution in [2.45, 2.75) is 65.2 Å². The van der Waals surface area contributed by atoms with E-state index in [4.69, 9.17) is 23.7 Å². The Labute approximate surface area is 236 Å². The van der Waals surface area contributed by atoms with Gasteiger partial charge in [-0.3, -0.25) is 0 Å². The van der Waals surface area contributed by atoms with E-state index in [0.29, 0.717) is 37.4 Å². The zero-order chi connectivity index (χ0) is 28.7. The summed E-state index contributed by atoms with van der Waals surface area (Å²) in [6, 6.07) is 10.7. The van der Waals surface area contributed by atoms with Gasteiger partial charge in [0.25, 0.3) is 0 Å². The van der Waals surface area contributed by atoms with Crippen molar-refractivity contribution >= 4 is 12.1 Å². The minimum Gasteiger partial charge on any atom is -0.493 e. The number of carbonyl (C=O) groups is 2. The average Bonchev–Trinajstić information content (AvgIpc) is 2.95. The van der Waals surface area contributed by atoms with Gasteiger partial charge in [-0.25, -0.2) is 14.0 Å². The van der Waals surface area contributed by atoms with Crippen molar-refractivity contribution in [3.63, 3.8) is 0 Å². The maximum Gasteiger partial charge on any atom is 0.508 e. The molecule has 0 N–H and O–H groups in total. The van der Waals surface area contributed by atoms with E-state index >= 15 is 0 Å². The van der Waals surface area contributed by atoms with E-state index in [1.54, 1.807) is 13.0 Å². The average molecular weight is 557 g/mol. The lowest BCUT2D eigenvalue weighted by Crippen LogP contribution is -2.31. The molecule has 40 heavy (non-hydrogen) atoms. The Morgan fingerprint density at radius 3 is 2.30 bits per heavy atom. The summed E-state index contributed by atoms with van der Waals surface area (Å²) in [6.45, 7) is 8.90. The van der Waals surface area contributed by atoms with E-state index in [0.717, 1.165) is 29.5 Å². The summed E-state index contributed by atoms with van der Waals surface area (Å²) >= 11 is 0. The first-order valence-corrected chi connectivity index (χ1v) is 14.2. The van der Waals surface area contributed by atoms with Gasteiger partial charge in [0.1, 0.15) is 19.0 Å². The van der Waals surface area contributed by atoms with E-state index in [9.17, 15) is 14.0 Å². The van der Waals surface area contributed by atoms with Crippen LogP contribution in [0.1, 0.15) is 64.4 Å². The van der Waals surface area contributed by atoms with E-state index in [-0.39, 0.29) is 31.5 Å². The predicted octanol–water partition coefficient (Wildman–Crippen LogP) is 7.45. The molecule has 0 amide bonds. The fourth-order valence-corrected chi connectivity index (χ4v) is 4.27. The first kappa shape index (κ1) is 31.0. The molecule has 8 heteroatoms. The number of benzene rings is 2. The number of hydrogen-bond acceptors (Lipinski definition) is 7. The molecule has 3 rings (SSSR count). The van der Waals surface area contributed by atoms with Gasteiger partial charge in [-0.15, -0.1) is 0 Å². The fourth-order valence-electron chi connectivity index (χ4n) is 4.27. The van der Waals surface area contributed by atoms with Crippen molar-refractivity contribution in [1.82, 2.24) is 0 Å². The highest BCUT2D eigenvalue weighted by Gasteiger charge is 2.22. The Hall–Kier alpha value is -3.55. The molecule has 0 radical (unpaired) electrons. The van der Waals surface area contributed by atoms with Gasteiger partial charge < -0.3 is 23.7 Å². The van der Waals surface area contributed by atoms with E-state index in [1.165, 1.54) is 31.7 Å². The monoisotopic (exact) mass is 556 g/mol. The van der Waals surface area contributed by atoms with Gasteiger partial charge in [-0.1, -0.05) is 57.7 Å². The fraction of sp³-hybridized carbons (Fsp3) is 0.500. The van der Waals surface area contributed by atoms with Crippen LogP contribution in [-0.4, -0.2) is 45.2 Å². The van der Waals surface area contributed by atoms with Crippen LogP contribution >= 0.6 is 0 Å². The summed E-state index contributed by atoms with van der Waals surface area (Å²) in [6.07, 6.45) is 7.35. The van der Waals surface area contributed by atoms with Crippen molar-refractivity contribution in [3.05, 3.63) is 59.9 Å². The van der Waals surface area contributed by atoms with Crippen LogP contribution in [-0.2, 0) is 25.4 Å². The molecular weight excluding hydrogens is 515 g/mol. The predicted molar refractivity (Wildman–Crippen MR) is 151 cm³/mol. The third kappa shape index (κ3) is 10.2. The van der Waals surface area contributed by atoms with Crippen molar-refractivity contribution < 1.29 is 37.7 Å². The number of hydrogen-bond donors (Lipinski definition) is 0. The molecule has 218 valence electrons. The lowest BCUT2D eigenvalue weighted by Gasteiger charge is -2.22. The molecular formula is C32H41FO7. The van der Waals surface area contributed by atoms with Crippen LogP contribution < -0.4 is 9.47 Å². The number of ether oxygens (including phenoxy) is 5. The number of aryl methyl sites for hydroxylation is 1. The zero-order valence-corrected chi connectivity index (χ0v) is 23.7. The van der Waals surface area contributed by atoms with Gasteiger partial charge in [0.2, 0.25) is 0 Å². The van der Waals surface area contributed by atoms with Crippen molar-refractivity contribution in [1.29, 1.82) is 0 Å². The quantitative estimate of drug-likeness (QED) is 0.114. The zero-order valence-electron chi connectivity index (χ0n) is 23.7. The van der Waals surface area contributed by atoms with Gasteiger partial charge in [-0.2, -0.15) is 0 Å². The normalized spacial score (nSPS) is 13.3. The van der Waals surface area contributed by atoms with Gasteiger partial charge in [0.15, 0.2) is 11.6 Å². The number of esters is 1. The van der Waals surface area contributed by atoms with Crippen molar-refractivity contribution in [2.24, 2.45) is 5.92 Å². The molecule has 0 saturated carbocycles. The highest BCUT2D eigenvalue weighted by atomic mass is 19.1. The Kier molecular flexibility index (Phi) is 12.8. The molecule has 1 heterocycles. The van der Waals surface area contributed by atoms with Crippen molar-refractivity contribution in [2.75, 3.05) is 33.0 Å². The minimum atomic E-state index is -0.670. The lowest BCUT2D eigenvalue weighted by atomic mass is 9.99. The Morgan fingerprint density at radius 1 is 0.925 bits per heavy atom. The number of rotatable bonds is 17. The smallest absolute Gasteiger partial charge is 0.493 e. The van der Waals surface area contributed by atoms with Crippen LogP contribution in [0, 0.1) is 11.7 Å². The van der Waals surface area contributed by atoms with Crippen LogP contribution in [0.2, 0.25) is 0 Å². The first-order chi connectivity index (χ1) is 19.4. The second kappa shape index (κ2) is 16.5. The molecule has 1 saturated heterocycles. The van der Waals surface area contributed by atoms with E-state index in [2.05, 4.69) is 13.5 Å². The second-order valence-electron chi connectivity index (χ2n) is 10.2. The molecule has 2 aromatic rings. The van der Waals surface area contributed by atoms with Gasteiger partial charge in [0.05, 0.1) is 25.7 Å². The maximum absolute atomic E-state index is 14.9. The SMILES string of the molecule is C=C(C)C(=O)OCCCc1cc(-c2ccc(OCCCCCCCC)c(F)c2)ccc1OCC1COC(=O)OC1. The highest BCUT2D eigenvalue weighted by molar-refractivity contribution is 5.86. The van der Waals surface area contributed by atoms with Gasteiger partial charge in [-0.05, 0) is 67.1 Å². The van der Waals surface area contributed by atoms with Crippen molar-refractivity contribution in [3.8, 4) is 22.6 Å². The van der Waals surface area contributed by atoms with Crippen LogP contribution in [0.3, 0.4) is 0 Å². The molecule has 7 nitrogen and oxygen atoms in total. The van der Waals surface area contributed by atoms with E-state index in [1.807, 2.05) is 24.3 Å². The number of unbranched alkanes of at least 4 members (excludes halogenated alkanes) is 5. The third-order valence-corrected chi connectivity index (χ3v) is 6.60. The number of carbonyl (C=O) groups excluding carboxylic acids is 2. The van der Waals surface area contributed by atoms with Gasteiger partial charge >= 0.3 is 12.1 Å². The summed E-state index contributed by atoms with van der Waals surface area (Å²) in [5.74, 6) is 0.00782. The van der Waals surface area contributed by atoms with Crippen LogP contribution in [0.5, 0.6) is 11.5 Å². The van der Waals surface area contributed by atoms with Crippen LogP contribution in [0.25, 0.3) is 11.1 Å². The molecule has 2 aromatic carbocycles. The molecule has 0 aliphatic carbocycles. The highest BCUT2D eigenvalue weighted by Crippen LogP contribution is 2.31. The Bertz CT molecular complexity index is 1120. The standard InChI is InChI=1S/C32H41FO7/c1-4-5-6-7-8-9-16-36-30-15-13-26(19-28(30)33)25-12-14-29(38-20-24-21-39-32(35)40-22-24)27(18-25)11-10-17-37-31(34)23(2)3/h12-15,18-19,24H,2,4-11,16-17,20-22H2,1,3H3. The van der Waals surface area contributed by atoms with Crippen LogP contribution in [0.4, 0.5) is 9.18 Å². The first-order valence-electron chi connectivity index (χ1n) is 14.2. The molecule has 0 bridgehead atoms.